The number of carbonyl (C=O) groups excluding carboxylic acids is 1. The molecule has 26 heavy (non-hydrogen) atoms. The van der Waals surface area contributed by atoms with Gasteiger partial charge in [0.15, 0.2) is 0 Å². The van der Waals surface area contributed by atoms with E-state index < -0.39 is 0 Å². The Hall–Kier alpha value is -1.39. The first-order valence-electron chi connectivity index (χ1n) is 9.24. The fourth-order valence-electron chi connectivity index (χ4n) is 2.56. The summed E-state index contributed by atoms with van der Waals surface area (Å²) in [6.07, 6.45) is 3.63. The van der Waals surface area contributed by atoms with E-state index >= 15 is 0 Å². The van der Waals surface area contributed by atoms with Crippen LogP contribution in [0.2, 0.25) is 0 Å². The molecule has 4 heteroatoms. The second-order valence-electron chi connectivity index (χ2n) is 6.07. The van der Waals surface area contributed by atoms with Gasteiger partial charge in [0.05, 0.1) is 11.2 Å². The molecule has 0 aliphatic carbocycles. The number of rotatable bonds is 12. The van der Waals surface area contributed by atoms with E-state index in [2.05, 4.69) is 60.7 Å². The lowest BCUT2D eigenvalue weighted by molar-refractivity contribution is -0.143. The van der Waals surface area contributed by atoms with Gasteiger partial charge in [-0.25, -0.2) is 0 Å². The van der Waals surface area contributed by atoms with E-state index in [1.165, 1.54) is 11.1 Å². The summed E-state index contributed by atoms with van der Waals surface area (Å²) in [5.74, 6) is 1.99. The van der Waals surface area contributed by atoms with Crippen LogP contribution >= 0.6 is 23.5 Å². The normalized spacial score (nSPS) is 10.8. The zero-order chi connectivity index (χ0) is 18.5. The minimum atomic E-state index is -0.0714. The lowest BCUT2D eigenvalue weighted by atomic mass is 10.2. The molecule has 0 atom stereocenters. The van der Waals surface area contributed by atoms with Crippen molar-refractivity contribution in [2.24, 2.45) is 0 Å². The standard InChI is InChI=1S/C22H28O2S2/c1-2-24-21(23)15-9-10-16-22(25-17-19-11-5-3-6-12-19)26-18-20-13-7-4-8-14-20/h3-8,11-14,22H,2,9-10,15-18H2,1H3. The summed E-state index contributed by atoms with van der Waals surface area (Å²) in [5, 5.41) is 0. The van der Waals surface area contributed by atoms with Crippen LogP contribution in [0.15, 0.2) is 60.7 Å². The zero-order valence-electron chi connectivity index (χ0n) is 15.4. The van der Waals surface area contributed by atoms with Crippen molar-refractivity contribution in [2.45, 2.75) is 48.7 Å². The Kier molecular flexibility index (Phi) is 10.4. The van der Waals surface area contributed by atoms with Gasteiger partial charge >= 0.3 is 5.97 Å². The fourth-order valence-corrected chi connectivity index (χ4v) is 5.16. The molecule has 0 spiro atoms. The average Bonchev–Trinajstić information content (AvgIpc) is 2.68. The molecule has 0 radical (unpaired) electrons. The lowest BCUT2D eigenvalue weighted by Crippen LogP contribution is -2.04. The Morgan fingerprint density at radius 3 is 1.92 bits per heavy atom. The molecule has 0 N–H and O–H groups in total. The number of benzene rings is 2. The van der Waals surface area contributed by atoms with Crippen molar-refractivity contribution in [1.82, 2.24) is 0 Å². The van der Waals surface area contributed by atoms with Gasteiger partial charge < -0.3 is 4.74 Å². The molecular weight excluding hydrogens is 360 g/mol. The summed E-state index contributed by atoms with van der Waals surface area (Å²) in [5.41, 5.74) is 2.74. The van der Waals surface area contributed by atoms with Crippen LogP contribution in [-0.2, 0) is 21.0 Å². The minimum absolute atomic E-state index is 0.0714. The average molecular weight is 389 g/mol. The van der Waals surface area contributed by atoms with Gasteiger partial charge in [0, 0.05) is 17.9 Å². The predicted octanol–water partition coefficient (Wildman–Crippen LogP) is 6.30. The molecule has 2 rings (SSSR count). The van der Waals surface area contributed by atoms with E-state index in [1.54, 1.807) is 0 Å². The molecule has 0 aliphatic rings. The number of hydrogen-bond acceptors (Lipinski definition) is 4. The first-order chi connectivity index (χ1) is 12.8. The lowest BCUT2D eigenvalue weighted by Gasteiger charge is -2.16. The van der Waals surface area contributed by atoms with Gasteiger partial charge in [-0.3, -0.25) is 4.79 Å². The van der Waals surface area contributed by atoms with Gasteiger partial charge in [-0.1, -0.05) is 67.1 Å². The summed E-state index contributed by atoms with van der Waals surface area (Å²) in [6, 6.07) is 21.3. The van der Waals surface area contributed by atoms with E-state index in [1.807, 2.05) is 30.4 Å². The number of esters is 1. The Morgan fingerprint density at radius 1 is 0.885 bits per heavy atom. The van der Waals surface area contributed by atoms with Crippen LogP contribution in [0.3, 0.4) is 0 Å². The van der Waals surface area contributed by atoms with Gasteiger partial charge in [-0.15, -0.1) is 23.5 Å². The highest BCUT2D eigenvalue weighted by molar-refractivity contribution is 8.16. The molecule has 0 amide bonds. The molecule has 0 saturated heterocycles. The summed E-state index contributed by atoms with van der Waals surface area (Å²) in [4.78, 5) is 11.5. The molecule has 2 aromatic rings. The maximum absolute atomic E-state index is 11.5. The van der Waals surface area contributed by atoms with Crippen molar-refractivity contribution in [1.29, 1.82) is 0 Å². The first-order valence-corrected chi connectivity index (χ1v) is 11.3. The molecular formula is C22H28O2S2. The minimum Gasteiger partial charge on any atom is -0.466 e. The van der Waals surface area contributed by atoms with Crippen LogP contribution in [0, 0.1) is 0 Å². The summed E-state index contributed by atoms with van der Waals surface area (Å²) < 4.78 is 5.55. The highest BCUT2D eigenvalue weighted by atomic mass is 32.2. The van der Waals surface area contributed by atoms with Crippen LogP contribution in [-0.4, -0.2) is 17.2 Å². The van der Waals surface area contributed by atoms with Crippen molar-refractivity contribution < 1.29 is 9.53 Å². The molecule has 2 aromatic carbocycles. The van der Waals surface area contributed by atoms with Crippen LogP contribution in [0.4, 0.5) is 0 Å². The van der Waals surface area contributed by atoms with E-state index in [-0.39, 0.29) is 5.97 Å². The SMILES string of the molecule is CCOC(=O)CCCCC(SCc1ccccc1)SCc1ccccc1. The van der Waals surface area contributed by atoms with Gasteiger partial charge in [-0.05, 0) is 30.9 Å². The molecule has 0 saturated carbocycles. The van der Waals surface area contributed by atoms with E-state index in [4.69, 9.17) is 4.74 Å². The van der Waals surface area contributed by atoms with Gasteiger partial charge in [0.1, 0.15) is 0 Å². The summed E-state index contributed by atoms with van der Waals surface area (Å²) >= 11 is 4.02. The summed E-state index contributed by atoms with van der Waals surface area (Å²) in [7, 11) is 0. The Labute approximate surface area is 166 Å². The van der Waals surface area contributed by atoms with Crippen LogP contribution < -0.4 is 0 Å². The molecule has 2 nitrogen and oxygen atoms in total. The molecule has 0 fully saturated rings. The summed E-state index contributed by atoms with van der Waals surface area (Å²) in [6.45, 7) is 2.33. The Morgan fingerprint density at radius 2 is 1.42 bits per heavy atom. The highest BCUT2D eigenvalue weighted by Crippen LogP contribution is 2.33. The monoisotopic (exact) mass is 388 g/mol. The third-order valence-electron chi connectivity index (χ3n) is 3.93. The topological polar surface area (TPSA) is 26.3 Å². The second-order valence-corrected chi connectivity index (χ2v) is 8.75. The predicted molar refractivity (Wildman–Crippen MR) is 114 cm³/mol. The van der Waals surface area contributed by atoms with Crippen molar-refractivity contribution in [3.05, 3.63) is 71.8 Å². The number of unbranched alkanes of at least 4 members (excludes halogenated alkanes) is 1. The van der Waals surface area contributed by atoms with Crippen molar-refractivity contribution in [3.8, 4) is 0 Å². The Bertz CT molecular complexity index is 573. The maximum atomic E-state index is 11.5. The largest absolute Gasteiger partial charge is 0.466 e. The Balaban J connectivity index is 1.78. The second kappa shape index (κ2) is 12.9. The van der Waals surface area contributed by atoms with Gasteiger partial charge in [-0.2, -0.15) is 0 Å². The van der Waals surface area contributed by atoms with E-state index in [0.29, 0.717) is 17.6 Å². The third-order valence-corrected chi connectivity index (χ3v) is 6.96. The van der Waals surface area contributed by atoms with Gasteiger partial charge in [0.2, 0.25) is 0 Å². The van der Waals surface area contributed by atoms with E-state index in [0.717, 1.165) is 30.8 Å². The number of ether oxygens (including phenoxy) is 1. The molecule has 0 aliphatic heterocycles. The zero-order valence-corrected chi connectivity index (χ0v) is 17.1. The van der Waals surface area contributed by atoms with Crippen LogP contribution in [0.25, 0.3) is 0 Å². The molecule has 0 bridgehead atoms. The maximum Gasteiger partial charge on any atom is 0.305 e. The smallest absolute Gasteiger partial charge is 0.305 e. The quantitative estimate of drug-likeness (QED) is 0.242. The first kappa shape index (κ1) is 20.9. The van der Waals surface area contributed by atoms with Gasteiger partial charge in [0.25, 0.3) is 0 Å². The van der Waals surface area contributed by atoms with Crippen LogP contribution in [0.5, 0.6) is 0 Å². The fraction of sp³-hybridized carbons (Fsp3) is 0.409. The molecule has 0 aromatic heterocycles. The number of carbonyl (C=O) groups is 1. The molecule has 140 valence electrons. The molecule has 0 heterocycles. The van der Waals surface area contributed by atoms with E-state index in [9.17, 15) is 4.79 Å². The van der Waals surface area contributed by atoms with Crippen molar-refractivity contribution >= 4 is 29.5 Å². The van der Waals surface area contributed by atoms with Crippen molar-refractivity contribution in [2.75, 3.05) is 6.61 Å². The number of hydrogen-bond donors (Lipinski definition) is 0. The number of thioether (sulfide) groups is 2. The third kappa shape index (κ3) is 8.81. The highest BCUT2D eigenvalue weighted by Gasteiger charge is 2.11. The van der Waals surface area contributed by atoms with Crippen LogP contribution in [0.1, 0.15) is 43.7 Å². The van der Waals surface area contributed by atoms with Crippen molar-refractivity contribution in [3.63, 3.8) is 0 Å². The molecule has 0 unspecified atom stereocenters.